The first kappa shape index (κ1) is 15.6. The molecule has 0 atom stereocenters. The lowest BCUT2D eigenvalue weighted by molar-refractivity contribution is 0.304. The molecular formula is C14H23N5O2S. The number of nitrogens with one attached hydrogen (secondary N) is 1. The minimum atomic E-state index is -3.25. The van der Waals surface area contributed by atoms with Gasteiger partial charge in [0, 0.05) is 44.0 Å². The molecule has 0 bridgehead atoms. The number of hydrogen-bond acceptors (Lipinski definition) is 5. The minimum absolute atomic E-state index is 0.263. The van der Waals surface area contributed by atoms with Crippen molar-refractivity contribution in [1.82, 2.24) is 18.6 Å². The first-order chi connectivity index (χ1) is 10.6. The van der Waals surface area contributed by atoms with Gasteiger partial charge >= 0.3 is 0 Å². The maximum absolute atomic E-state index is 12.5. The summed E-state index contributed by atoms with van der Waals surface area (Å²) in [5.41, 5.74) is 0.923. The smallest absolute Gasteiger partial charge is 0.281 e. The highest BCUT2D eigenvalue weighted by molar-refractivity contribution is 7.86. The standard InChI is InChI=1S/C14H23N5O2S/c1-12-10-14(16-11-15-12)17-13-4-8-19(9-5-13)22(20,21)18-6-2-3-7-18/h10-11,13H,2-9H2,1H3,(H,15,16,17). The molecule has 8 heteroatoms. The summed E-state index contributed by atoms with van der Waals surface area (Å²) in [7, 11) is -3.25. The van der Waals surface area contributed by atoms with Crippen LogP contribution in [0.3, 0.4) is 0 Å². The highest BCUT2D eigenvalue weighted by atomic mass is 32.2. The Morgan fingerprint density at radius 2 is 1.73 bits per heavy atom. The van der Waals surface area contributed by atoms with Crippen molar-refractivity contribution in [3.63, 3.8) is 0 Å². The molecule has 0 saturated carbocycles. The van der Waals surface area contributed by atoms with Gasteiger partial charge in [0.15, 0.2) is 0 Å². The van der Waals surface area contributed by atoms with E-state index in [-0.39, 0.29) is 6.04 Å². The summed E-state index contributed by atoms with van der Waals surface area (Å²) < 4.78 is 28.3. The van der Waals surface area contributed by atoms with Gasteiger partial charge < -0.3 is 5.32 Å². The molecule has 1 aromatic heterocycles. The molecule has 0 spiro atoms. The second kappa shape index (κ2) is 6.47. The van der Waals surface area contributed by atoms with Crippen LogP contribution in [0.4, 0.5) is 5.82 Å². The summed E-state index contributed by atoms with van der Waals surface area (Å²) in [6, 6.07) is 2.17. The van der Waals surface area contributed by atoms with Gasteiger partial charge in [-0.15, -0.1) is 0 Å². The van der Waals surface area contributed by atoms with Gasteiger partial charge in [0.1, 0.15) is 12.1 Å². The van der Waals surface area contributed by atoms with Gasteiger partial charge in [-0.1, -0.05) is 0 Å². The number of aryl methyl sites for hydroxylation is 1. The predicted octanol–water partition coefficient (Wildman–Crippen LogP) is 1.00. The molecule has 0 amide bonds. The molecule has 122 valence electrons. The number of hydrogen-bond donors (Lipinski definition) is 1. The lowest BCUT2D eigenvalue weighted by Gasteiger charge is -2.34. The van der Waals surface area contributed by atoms with Gasteiger partial charge in [0.2, 0.25) is 0 Å². The normalized spacial score (nSPS) is 22.0. The van der Waals surface area contributed by atoms with Crippen LogP contribution in [0.15, 0.2) is 12.4 Å². The molecule has 0 aliphatic carbocycles. The molecule has 2 aliphatic rings. The third-order valence-electron chi connectivity index (χ3n) is 4.33. The zero-order chi connectivity index (χ0) is 15.6. The highest BCUT2D eigenvalue weighted by Crippen LogP contribution is 2.22. The van der Waals surface area contributed by atoms with Crippen LogP contribution < -0.4 is 5.32 Å². The second-order valence-electron chi connectivity index (χ2n) is 5.98. The van der Waals surface area contributed by atoms with Crippen molar-refractivity contribution in [2.24, 2.45) is 0 Å². The van der Waals surface area contributed by atoms with E-state index in [1.54, 1.807) is 14.9 Å². The maximum Gasteiger partial charge on any atom is 0.281 e. The van der Waals surface area contributed by atoms with Gasteiger partial charge in [-0.05, 0) is 32.6 Å². The Morgan fingerprint density at radius 3 is 2.36 bits per heavy atom. The third kappa shape index (κ3) is 3.39. The Balaban J connectivity index is 1.56. The van der Waals surface area contributed by atoms with Crippen LogP contribution in [0, 0.1) is 6.92 Å². The summed E-state index contributed by atoms with van der Waals surface area (Å²) in [6.45, 7) is 4.40. The largest absolute Gasteiger partial charge is 0.367 e. The fourth-order valence-corrected chi connectivity index (χ4v) is 4.77. The first-order valence-corrected chi connectivity index (χ1v) is 9.26. The molecule has 2 fully saturated rings. The fourth-order valence-electron chi connectivity index (χ4n) is 3.06. The van der Waals surface area contributed by atoms with Crippen molar-refractivity contribution in [2.75, 3.05) is 31.5 Å². The molecule has 1 aromatic rings. The molecule has 0 aromatic carbocycles. The fraction of sp³-hybridized carbons (Fsp3) is 0.714. The molecule has 22 heavy (non-hydrogen) atoms. The SMILES string of the molecule is Cc1cc(NC2CCN(S(=O)(=O)N3CCCC3)CC2)ncn1. The van der Waals surface area contributed by atoms with E-state index >= 15 is 0 Å². The number of aromatic nitrogens is 2. The van der Waals surface area contributed by atoms with Crippen LogP contribution >= 0.6 is 0 Å². The van der Waals surface area contributed by atoms with Crippen LogP contribution in [-0.4, -0.2) is 59.2 Å². The van der Waals surface area contributed by atoms with E-state index in [4.69, 9.17) is 0 Å². The van der Waals surface area contributed by atoms with Crippen molar-refractivity contribution in [1.29, 1.82) is 0 Å². The van der Waals surface area contributed by atoms with Crippen LogP contribution in [0.2, 0.25) is 0 Å². The number of rotatable bonds is 4. The molecule has 2 aliphatic heterocycles. The number of anilines is 1. The van der Waals surface area contributed by atoms with Crippen molar-refractivity contribution >= 4 is 16.0 Å². The quantitative estimate of drug-likeness (QED) is 0.893. The Labute approximate surface area is 131 Å². The monoisotopic (exact) mass is 325 g/mol. The lowest BCUT2D eigenvalue weighted by Crippen LogP contribution is -2.48. The van der Waals surface area contributed by atoms with Gasteiger partial charge in [0.25, 0.3) is 10.2 Å². The molecule has 1 N–H and O–H groups in total. The topological polar surface area (TPSA) is 78.4 Å². The van der Waals surface area contributed by atoms with Gasteiger partial charge in [-0.3, -0.25) is 0 Å². The summed E-state index contributed by atoms with van der Waals surface area (Å²) >= 11 is 0. The van der Waals surface area contributed by atoms with Crippen molar-refractivity contribution in [3.8, 4) is 0 Å². The predicted molar refractivity (Wildman–Crippen MR) is 84.7 cm³/mol. The van der Waals surface area contributed by atoms with E-state index in [1.165, 1.54) is 0 Å². The summed E-state index contributed by atoms with van der Waals surface area (Å²) in [5.74, 6) is 0.813. The summed E-state index contributed by atoms with van der Waals surface area (Å²) in [5, 5.41) is 3.38. The van der Waals surface area contributed by atoms with Gasteiger partial charge in [-0.2, -0.15) is 17.0 Å². The van der Waals surface area contributed by atoms with Crippen LogP contribution in [-0.2, 0) is 10.2 Å². The van der Waals surface area contributed by atoms with Gasteiger partial charge in [0.05, 0.1) is 0 Å². The van der Waals surface area contributed by atoms with E-state index in [0.717, 1.165) is 37.2 Å². The molecule has 0 unspecified atom stereocenters. The van der Waals surface area contributed by atoms with Crippen molar-refractivity contribution in [3.05, 3.63) is 18.1 Å². The van der Waals surface area contributed by atoms with E-state index in [2.05, 4.69) is 15.3 Å². The van der Waals surface area contributed by atoms with Crippen molar-refractivity contribution in [2.45, 2.75) is 38.6 Å². The van der Waals surface area contributed by atoms with E-state index in [0.29, 0.717) is 26.2 Å². The summed E-state index contributed by atoms with van der Waals surface area (Å²) in [4.78, 5) is 8.28. The van der Waals surface area contributed by atoms with Crippen LogP contribution in [0.1, 0.15) is 31.4 Å². The zero-order valence-corrected chi connectivity index (χ0v) is 13.7. The Bertz CT molecular complexity index is 607. The van der Waals surface area contributed by atoms with Crippen LogP contribution in [0.5, 0.6) is 0 Å². The van der Waals surface area contributed by atoms with Crippen LogP contribution in [0.25, 0.3) is 0 Å². The Morgan fingerprint density at radius 1 is 1.09 bits per heavy atom. The van der Waals surface area contributed by atoms with Gasteiger partial charge in [-0.25, -0.2) is 9.97 Å². The molecule has 3 heterocycles. The van der Waals surface area contributed by atoms with E-state index < -0.39 is 10.2 Å². The van der Waals surface area contributed by atoms with E-state index in [1.807, 2.05) is 13.0 Å². The third-order valence-corrected chi connectivity index (χ3v) is 6.36. The Kier molecular flexibility index (Phi) is 4.60. The average molecular weight is 325 g/mol. The lowest BCUT2D eigenvalue weighted by atomic mass is 10.1. The highest BCUT2D eigenvalue weighted by Gasteiger charge is 2.34. The summed E-state index contributed by atoms with van der Waals surface area (Å²) in [6.07, 6.45) is 5.10. The molecule has 2 saturated heterocycles. The number of piperidine rings is 1. The first-order valence-electron chi connectivity index (χ1n) is 7.86. The second-order valence-corrected chi connectivity index (χ2v) is 7.90. The molecule has 7 nitrogen and oxygen atoms in total. The molecule has 0 radical (unpaired) electrons. The average Bonchev–Trinajstić information content (AvgIpc) is 3.03. The maximum atomic E-state index is 12.5. The number of nitrogens with zero attached hydrogens (tertiary/aromatic N) is 4. The zero-order valence-electron chi connectivity index (χ0n) is 12.9. The van der Waals surface area contributed by atoms with E-state index in [9.17, 15) is 8.42 Å². The molecule has 3 rings (SSSR count). The van der Waals surface area contributed by atoms with Crippen molar-refractivity contribution < 1.29 is 8.42 Å². The Hall–Kier alpha value is -1.25. The molecular weight excluding hydrogens is 302 g/mol. The minimum Gasteiger partial charge on any atom is -0.367 e.